The summed E-state index contributed by atoms with van der Waals surface area (Å²) in [5.74, 6) is 5.60. The Kier molecular flexibility index (Phi) is 10.4. The third-order valence-corrected chi connectivity index (χ3v) is 12.1. The first-order valence-corrected chi connectivity index (χ1v) is 19.2. The molecule has 10 nitrogen and oxygen atoms in total. The van der Waals surface area contributed by atoms with Crippen molar-refractivity contribution in [2.24, 2.45) is 0 Å². The molecule has 0 aromatic heterocycles. The van der Waals surface area contributed by atoms with Crippen molar-refractivity contribution in [3.63, 3.8) is 0 Å². The van der Waals surface area contributed by atoms with Gasteiger partial charge < -0.3 is 33.3 Å². The standard InChI is InChI=1S/C44H54N4O6/c1-45-18-20-48(21-19-45)27-34-32-15-17-47(3)36-23-29-10-13-37(49-4)39(24-29)53-31-11-8-28(9-12-31)22-35-33-26-40(38(50-5)25-30(33)14-16-46(35)2)54-43(41(32)36)44(52-7)42(34)51-6/h8-13,24-26,35-36H,14-23,27H2,1-7H3/t35-,36-/m0/s1. The van der Waals surface area contributed by atoms with Gasteiger partial charge in [-0.2, -0.15) is 0 Å². The van der Waals surface area contributed by atoms with Crippen LogP contribution in [0.2, 0.25) is 0 Å². The second kappa shape index (κ2) is 15.3. The molecule has 6 bridgehead atoms. The normalized spacial score (nSPS) is 20.6. The first-order chi connectivity index (χ1) is 26.3. The summed E-state index contributed by atoms with van der Waals surface area (Å²) in [5.41, 5.74) is 8.49. The van der Waals surface area contributed by atoms with Crippen LogP contribution in [0.1, 0.15) is 51.0 Å². The summed E-state index contributed by atoms with van der Waals surface area (Å²) < 4.78 is 38.4. The van der Waals surface area contributed by atoms with Crippen LogP contribution in [0.15, 0.2) is 54.6 Å². The fraction of sp³-hybridized carbons (Fsp3) is 0.455. The minimum absolute atomic E-state index is 0.0308. The van der Waals surface area contributed by atoms with E-state index in [4.69, 9.17) is 28.4 Å². The number of piperazine rings is 1. The van der Waals surface area contributed by atoms with E-state index in [1.807, 2.05) is 6.07 Å². The molecule has 286 valence electrons. The first kappa shape index (κ1) is 36.5. The summed E-state index contributed by atoms with van der Waals surface area (Å²) in [6.07, 6.45) is 3.36. The van der Waals surface area contributed by atoms with Crippen LogP contribution in [-0.2, 0) is 32.2 Å². The second-order valence-electron chi connectivity index (χ2n) is 15.3. The quantitative estimate of drug-likeness (QED) is 0.209. The molecule has 5 aliphatic heterocycles. The molecule has 0 aliphatic carbocycles. The number of methoxy groups -OCH3 is 4. The molecule has 0 amide bonds. The molecule has 5 heterocycles. The van der Waals surface area contributed by atoms with Gasteiger partial charge in [0.2, 0.25) is 5.75 Å². The van der Waals surface area contributed by atoms with E-state index in [0.717, 1.165) is 94.1 Å². The van der Waals surface area contributed by atoms with Crippen molar-refractivity contribution in [3.8, 4) is 46.0 Å². The van der Waals surface area contributed by atoms with Gasteiger partial charge in [0.1, 0.15) is 5.75 Å². The average molecular weight is 735 g/mol. The van der Waals surface area contributed by atoms with Crippen LogP contribution in [-0.4, -0.2) is 108 Å². The largest absolute Gasteiger partial charge is 0.493 e. The van der Waals surface area contributed by atoms with Gasteiger partial charge in [0.25, 0.3) is 0 Å². The topological polar surface area (TPSA) is 68.3 Å². The molecule has 0 N–H and O–H groups in total. The van der Waals surface area contributed by atoms with Crippen molar-refractivity contribution in [2.75, 3.05) is 88.9 Å². The molecule has 1 fully saturated rings. The highest BCUT2D eigenvalue weighted by molar-refractivity contribution is 5.67. The predicted molar refractivity (Wildman–Crippen MR) is 210 cm³/mol. The molecule has 0 unspecified atom stereocenters. The van der Waals surface area contributed by atoms with Gasteiger partial charge in [-0.15, -0.1) is 0 Å². The Morgan fingerprint density at radius 1 is 0.630 bits per heavy atom. The molecule has 0 spiro atoms. The van der Waals surface area contributed by atoms with E-state index >= 15 is 0 Å². The Labute approximate surface area is 320 Å². The highest BCUT2D eigenvalue weighted by Crippen LogP contribution is 2.54. The molecule has 0 radical (unpaired) electrons. The van der Waals surface area contributed by atoms with E-state index in [-0.39, 0.29) is 12.1 Å². The maximum absolute atomic E-state index is 7.27. The molecular formula is C44H54N4O6. The van der Waals surface area contributed by atoms with E-state index < -0.39 is 0 Å². The van der Waals surface area contributed by atoms with Crippen molar-refractivity contribution in [2.45, 2.75) is 44.3 Å². The fourth-order valence-electron chi connectivity index (χ4n) is 8.90. The van der Waals surface area contributed by atoms with Crippen LogP contribution in [0.5, 0.6) is 46.0 Å². The third-order valence-electron chi connectivity index (χ3n) is 12.1. The van der Waals surface area contributed by atoms with E-state index in [1.165, 1.54) is 27.8 Å². The van der Waals surface area contributed by atoms with Crippen LogP contribution in [0.3, 0.4) is 0 Å². The molecule has 9 rings (SSSR count). The second-order valence-corrected chi connectivity index (χ2v) is 15.3. The smallest absolute Gasteiger partial charge is 0.204 e. The lowest BCUT2D eigenvalue weighted by Gasteiger charge is -2.40. The zero-order valence-electron chi connectivity index (χ0n) is 32.9. The van der Waals surface area contributed by atoms with Gasteiger partial charge in [0.15, 0.2) is 34.5 Å². The summed E-state index contributed by atoms with van der Waals surface area (Å²) >= 11 is 0. The van der Waals surface area contributed by atoms with Crippen molar-refractivity contribution >= 4 is 0 Å². The predicted octanol–water partition coefficient (Wildman–Crippen LogP) is 6.91. The minimum Gasteiger partial charge on any atom is -0.493 e. The summed E-state index contributed by atoms with van der Waals surface area (Å²) in [5, 5.41) is 0. The number of ether oxygens (including phenoxy) is 6. The maximum atomic E-state index is 7.27. The number of rotatable bonds is 6. The van der Waals surface area contributed by atoms with E-state index in [1.54, 1.807) is 28.4 Å². The van der Waals surface area contributed by atoms with Gasteiger partial charge in [0, 0.05) is 69.0 Å². The van der Waals surface area contributed by atoms with Crippen LogP contribution < -0.4 is 28.4 Å². The third kappa shape index (κ3) is 6.85. The van der Waals surface area contributed by atoms with Crippen molar-refractivity contribution in [3.05, 3.63) is 93.5 Å². The van der Waals surface area contributed by atoms with Crippen LogP contribution in [0.25, 0.3) is 0 Å². The number of likely N-dealkylation sites (N-methyl/N-ethyl adjacent to an activating group) is 3. The van der Waals surface area contributed by atoms with Crippen molar-refractivity contribution in [1.82, 2.24) is 19.6 Å². The van der Waals surface area contributed by atoms with Crippen LogP contribution >= 0.6 is 0 Å². The molecule has 4 aromatic rings. The molecule has 54 heavy (non-hydrogen) atoms. The highest BCUT2D eigenvalue weighted by atomic mass is 16.5. The summed E-state index contributed by atoms with van der Waals surface area (Å²) in [7, 11) is 13.5. The summed E-state index contributed by atoms with van der Waals surface area (Å²) in [4.78, 5) is 9.82. The molecule has 10 heteroatoms. The monoisotopic (exact) mass is 734 g/mol. The number of fused-ring (bicyclic) bond motifs is 2. The minimum atomic E-state index is -0.0308. The Morgan fingerprint density at radius 3 is 2.02 bits per heavy atom. The van der Waals surface area contributed by atoms with E-state index in [9.17, 15) is 0 Å². The van der Waals surface area contributed by atoms with Crippen molar-refractivity contribution in [1.29, 1.82) is 0 Å². The van der Waals surface area contributed by atoms with Gasteiger partial charge in [0.05, 0.1) is 28.4 Å². The van der Waals surface area contributed by atoms with Gasteiger partial charge in [-0.25, -0.2) is 0 Å². The lowest BCUT2D eigenvalue weighted by molar-refractivity contribution is 0.145. The number of benzene rings is 4. The van der Waals surface area contributed by atoms with Gasteiger partial charge in [-0.05, 0) is 111 Å². The number of hydrogen-bond donors (Lipinski definition) is 0. The zero-order valence-corrected chi connectivity index (χ0v) is 32.9. The lowest BCUT2D eigenvalue weighted by Crippen LogP contribution is -2.44. The number of nitrogens with zero attached hydrogens (tertiary/aromatic N) is 4. The fourth-order valence-corrected chi connectivity index (χ4v) is 8.90. The summed E-state index contributed by atoms with van der Waals surface area (Å²) in [6, 6.07) is 19.3. The van der Waals surface area contributed by atoms with E-state index in [0.29, 0.717) is 34.5 Å². The first-order valence-electron chi connectivity index (χ1n) is 19.2. The van der Waals surface area contributed by atoms with E-state index in [2.05, 4.69) is 89.3 Å². The Balaban J connectivity index is 1.36. The van der Waals surface area contributed by atoms with Crippen LogP contribution in [0.4, 0.5) is 0 Å². The average Bonchev–Trinajstić information content (AvgIpc) is 3.18. The molecule has 2 atom stereocenters. The van der Waals surface area contributed by atoms with Crippen molar-refractivity contribution < 1.29 is 28.4 Å². The van der Waals surface area contributed by atoms with Crippen LogP contribution in [0, 0.1) is 0 Å². The van der Waals surface area contributed by atoms with Gasteiger partial charge in [-0.3, -0.25) is 14.7 Å². The maximum Gasteiger partial charge on any atom is 0.204 e. The number of hydrogen-bond acceptors (Lipinski definition) is 10. The Morgan fingerprint density at radius 2 is 1.30 bits per heavy atom. The zero-order chi connectivity index (χ0) is 37.5. The Bertz CT molecular complexity index is 1990. The molecular weight excluding hydrogens is 681 g/mol. The lowest BCUT2D eigenvalue weighted by atomic mass is 9.84. The SMILES string of the molecule is COc1ccc2cc1Oc1ccc(cc1)C[C@H]1c3cc(c(OC)cc3CCN1C)Oc1c(OC)c(OC)c(CN3CCN(C)CC3)c3c1[C@H](C2)N(C)CC3. The van der Waals surface area contributed by atoms with Gasteiger partial charge in [-0.1, -0.05) is 18.2 Å². The Hall–Kier alpha value is -4.48. The molecule has 0 saturated carbocycles. The molecule has 4 aromatic carbocycles. The summed E-state index contributed by atoms with van der Waals surface area (Å²) in [6.45, 7) is 6.70. The highest BCUT2D eigenvalue weighted by Gasteiger charge is 2.37. The molecule has 1 saturated heterocycles. The van der Waals surface area contributed by atoms with Gasteiger partial charge >= 0.3 is 0 Å². The molecule has 5 aliphatic rings.